The van der Waals surface area contributed by atoms with Crippen molar-refractivity contribution in [2.75, 3.05) is 20.3 Å². The first-order chi connectivity index (χ1) is 8.19. The maximum Gasteiger partial charge on any atom is 0.341 e. The van der Waals surface area contributed by atoms with Crippen molar-refractivity contribution in [3.63, 3.8) is 0 Å². The van der Waals surface area contributed by atoms with Crippen LogP contribution < -0.4 is 10.5 Å². The molecular formula is C13H19NO3. The Labute approximate surface area is 102 Å². The predicted octanol–water partition coefficient (Wildman–Crippen LogP) is 1.90. The molecule has 4 heteroatoms. The predicted molar refractivity (Wildman–Crippen MR) is 66.3 cm³/mol. The van der Waals surface area contributed by atoms with E-state index in [0.717, 1.165) is 18.4 Å². The van der Waals surface area contributed by atoms with E-state index < -0.39 is 0 Å². The molecule has 0 aliphatic heterocycles. The molecule has 2 N–H and O–H groups in total. The molecule has 0 saturated carbocycles. The second-order valence-corrected chi connectivity index (χ2v) is 3.84. The first kappa shape index (κ1) is 13.5. The smallest absolute Gasteiger partial charge is 0.341 e. The summed E-state index contributed by atoms with van der Waals surface area (Å²) in [6, 6.07) is 5.47. The molecule has 1 aromatic carbocycles. The van der Waals surface area contributed by atoms with Crippen LogP contribution in [0.1, 0.15) is 28.8 Å². The monoisotopic (exact) mass is 237 g/mol. The van der Waals surface area contributed by atoms with Crippen molar-refractivity contribution in [3.05, 3.63) is 29.3 Å². The Balaban J connectivity index is 2.72. The first-order valence-electron chi connectivity index (χ1n) is 5.71. The Hall–Kier alpha value is -1.55. The standard InChI is InChI=1S/C13H19NO3/c1-10-5-6-12(17-8-4-3-7-14)11(9-10)13(15)16-2/h5-6,9H,3-4,7-8,14H2,1-2H3. The van der Waals surface area contributed by atoms with Gasteiger partial charge in [0.1, 0.15) is 11.3 Å². The van der Waals surface area contributed by atoms with Gasteiger partial charge in [0.15, 0.2) is 0 Å². The minimum atomic E-state index is -0.373. The van der Waals surface area contributed by atoms with Gasteiger partial charge in [-0.1, -0.05) is 11.6 Å². The van der Waals surface area contributed by atoms with Gasteiger partial charge >= 0.3 is 5.97 Å². The van der Waals surface area contributed by atoms with Gasteiger partial charge in [0, 0.05) is 0 Å². The fraction of sp³-hybridized carbons (Fsp3) is 0.462. The lowest BCUT2D eigenvalue weighted by Crippen LogP contribution is -2.08. The van der Waals surface area contributed by atoms with E-state index in [9.17, 15) is 4.79 Å². The van der Waals surface area contributed by atoms with Crippen LogP contribution in [-0.4, -0.2) is 26.2 Å². The number of nitrogens with two attached hydrogens (primary N) is 1. The molecule has 0 radical (unpaired) electrons. The molecule has 0 atom stereocenters. The van der Waals surface area contributed by atoms with Crippen molar-refractivity contribution >= 4 is 5.97 Å². The third-order valence-corrected chi connectivity index (χ3v) is 2.40. The Morgan fingerprint density at radius 2 is 2.12 bits per heavy atom. The fourth-order valence-corrected chi connectivity index (χ4v) is 1.47. The van der Waals surface area contributed by atoms with Gasteiger partial charge in [0.2, 0.25) is 0 Å². The lowest BCUT2D eigenvalue weighted by Gasteiger charge is -2.10. The van der Waals surface area contributed by atoms with Gasteiger partial charge in [-0.25, -0.2) is 4.79 Å². The summed E-state index contributed by atoms with van der Waals surface area (Å²) < 4.78 is 10.3. The summed E-state index contributed by atoms with van der Waals surface area (Å²) in [6.07, 6.45) is 1.80. The SMILES string of the molecule is COC(=O)c1cc(C)ccc1OCCCCN. The van der Waals surface area contributed by atoms with Gasteiger partial charge in [-0.15, -0.1) is 0 Å². The molecule has 0 unspecified atom stereocenters. The largest absolute Gasteiger partial charge is 0.493 e. The zero-order valence-electron chi connectivity index (χ0n) is 10.4. The number of aryl methyl sites for hydroxylation is 1. The van der Waals surface area contributed by atoms with Crippen molar-refractivity contribution in [3.8, 4) is 5.75 Å². The normalized spacial score (nSPS) is 10.1. The Kier molecular flexibility index (Phi) is 5.49. The van der Waals surface area contributed by atoms with Crippen molar-refractivity contribution in [1.82, 2.24) is 0 Å². The lowest BCUT2D eigenvalue weighted by atomic mass is 10.1. The Morgan fingerprint density at radius 3 is 2.76 bits per heavy atom. The van der Waals surface area contributed by atoms with Crippen LogP contribution in [0, 0.1) is 6.92 Å². The second kappa shape index (κ2) is 6.91. The third-order valence-electron chi connectivity index (χ3n) is 2.40. The summed E-state index contributed by atoms with van der Waals surface area (Å²) in [5.74, 6) is 0.196. The number of benzene rings is 1. The fourth-order valence-electron chi connectivity index (χ4n) is 1.47. The summed E-state index contributed by atoms with van der Waals surface area (Å²) >= 11 is 0. The van der Waals surface area contributed by atoms with E-state index in [1.165, 1.54) is 7.11 Å². The highest BCUT2D eigenvalue weighted by atomic mass is 16.5. The van der Waals surface area contributed by atoms with Gasteiger partial charge in [0.25, 0.3) is 0 Å². The van der Waals surface area contributed by atoms with Gasteiger partial charge in [0.05, 0.1) is 13.7 Å². The molecule has 0 saturated heterocycles. The zero-order valence-corrected chi connectivity index (χ0v) is 10.4. The number of carbonyl (C=O) groups excluding carboxylic acids is 1. The van der Waals surface area contributed by atoms with Gasteiger partial charge in [-0.2, -0.15) is 0 Å². The van der Waals surface area contributed by atoms with Crippen LogP contribution in [0.25, 0.3) is 0 Å². The molecule has 1 aromatic rings. The van der Waals surface area contributed by atoms with Crippen LogP contribution in [0.2, 0.25) is 0 Å². The summed E-state index contributed by atoms with van der Waals surface area (Å²) in [4.78, 5) is 11.6. The first-order valence-corrected chi connectivity index (χ1v) is 5.71. The second-order valence-electron chi connectivity index (χ2n) is 3.84. The zero-order chi connectivity index (χ0) is 12.7. The molecule has 1 rings (SSSR count). The van der Waals surface area contributed by atoms with Gasteiger partial charge in [-0.3, -0.25) is 0 Å². The molecule has 0 spiro atoms. The highest BCUT2D eigenvalue weighted by molar-refractivity contribution is 5.92. The van der Waals surface area contributed by atoms with E-state index in [1.54, 1.807) is 12.1 Å². The van der Waals surface area contributed by atoms with Crippen molar-refractivity contribution in [1.29, 1.82) is 0 Å². The highest BCUT2D eigenvalue weighted by Crippen LogP contribution is 2.21. The van der Waals surface area contributed by atoms with E-state index in [1.807, 2.05) is 13.0 Å². The minimum Gasteiger partial charge on any atom is -0.493 e. The Morgan fingerprint density at radius 1 is 1.35 bits per heavy atom. The van der Waals surface area contributed by atoms with Crippen LogP contribution in [0.4, 0.5) is 0 Å². The number of rotatable bonds is 6. The molecule has 94 valence electrons. The van der Waals surface area contributed by atoms with E-state index >= 15 is 0 Å². The lowest BCUT2D eigenvalue weighted by molar-refractivity contribution is 0.0596. The number of unbranched alkanes of at least 4 members (excludes halogenated alkanes) is 1. The quantitative estimate of drug-likeness (QED) is 0.606. The maximum atomic E-state index is 11.6. The van der Waals surface area contributed by atoms with Crippen LogP contribution in [-0.2, 0) is 4.74 Å². The highest BCUT2D eigenvalue weighted by Gasteiger charge is 2.12. The van der Waals surface area contributed by atoms with Crippen LogP contribution in [0.15, 0.2) is 18.2 Å². The van der Waals surface area contributed by atoms with E-state index in [4.69, 9.17) is 15.2 Å². The van der Waals surface area contributed by atoms with Crippen molar-refractivity contribution in [2.24, 2.45) is 5.73 Å². The summed E-state index contributed by atoms with van der Waals surface area (Å²) in [5.41, 5.74) is 6.87. The number of hydrogen-bond acceptors (Lipinski definition) is 4. The van der Waals surface area contributed by atoms with Crippen molar-refractivity contribution in [2.45, 2.75) is 19.8 Å². The van der Waals surface area contributed by atoms with Gasteiger partial charge in [-0.05, 0) is 38.4 Å². The van der Waals surface area contributed by atoms with Crippen LogP contribution in [0.5, 0.6) is 5.75 Å². The van der Waals surface area contributed by atoms with E-state index in [-0.39, 0.29) is 5.97 Å². The average Bonchev–Trinajstić information content (AvgIpc) is 2.35. The average molecular weight is 237 g/mol. The summed E-state index contributed by atoms with van der Waals surface area (Å²) in [7, 11) is 1.36. The number of hydrogen-bond donors (Lipinski definition) is 1. The van der Waals surface area contributed by atoms with Gasteiger partial charge < -0.3 is 15.2 Å². The number of methoxy groups -OCH3 is 1. The Bertz CT molecular complexity index is 377. The molecule has 4 nitrogen and oxygen atoms in total. The summed E-state index contributed by atoms with van der Waals surface area (Å²) in [5, 5.41) is 0. The number of esters is 1. The summed E-state index contributed by atoms with van der Waals surface area (Å²) in [6.45, 7) is 3.13. The molecule has 0 fully saturated rings. The third kappa shape index (κ3) is 4.07. The molecule has 0 bridgehead atoms. The molecule has 0 aromatic heterocycles. The minimum absolute atomic E-state index is 0.373. The van der Waals surface area contributed by atoms with Crippen LogP contribution in [0.3, 0.4) is 0 Å². The van der Waals surface area contributed by atoms with E-state index in [0.29, 0.717) is 24.5 Å². The molecule has 0 amide bonds. The number of carbonyl (C=O) groups is 1. The molecule has 0 aliphatic carbocycles. The molecule has 0 aliphatic rings. The molecule has 17 heavy (non-hydrogen) atoms. The molecule has 0 heterocycles. The van der Waals surface area contributed by atoms with Crippen molar-refractivity contribution < 1.29 is 14.3 Å². The maximum absolute atomic E-state index is 11.6. The number of ether oxygens (including phenoxy) is 2. The van der Waals surface area contributed by atoms with Crippen LogP contribution >= 0.6 is 0 Å². The topological polar surface area (TPSA) is 61.5 Å². The van der Waals surface area contributed by atoms with E-state index in [2.05, 4.69) is 0 Å². The molecular weight excluding hydrogens is 218 g/mol.